The second kappa shape index (κ2) is 10.0. The molecule has 2 aromatic carbocycles. The summed E-state index contributed by atoms with van der Waals surface area (Å²) in [4.78, 5) is 9.06. The zero-order chi connectivity index (χ0) is 21.5. The quantitative estimate of drug-likeness (QED) is 0.437. The third-order valence-electron chi connectivity index (χ3n) is 4.94. The minimum absolute atomic E-state index is 0.0338. The molecule has 0 bridgehead atoms. The number of aromatic nitrogens is 2. The molecule has 0 aliphatic carbocycles. The van der Waals surface area contributed by atoms with Gasteiger partial charge >= 0.3 is 0 Å². The van der Waals surface area contributed by atoms with Crippen LogP contribution < -0.4 is 20.1 Å². The number of rotatable bonds is 8. The van der Waals surface area contributed by atoms with Gasteiger partial charge in [-0.25, -0.2) is 4.98 Å². The zero-order valence-electron chi connectivity index (χ0n) is 18.4. The standard InChI is InChI=1S/C23H31N5O2/c1-6-29-20-13-12-17(14-21(20)30-7-2)16(3)26-23(24-4)25-15-22-27-18-10-8-9-11-19(18)28(22)5/h8-14,16H,6-7,15H2,1-5H3,(H2,24,25,26). The molecule has 0 aliphatic heterocycles. The number of benzene rings is 2. The fourth-order valence-corrected chi connectivity index (χ4v) is 3.34. The lowest BCUT2D eigenvalue weighted by molar-refractivity contribution is 0.287. The van der Waals surface area contributed by atoms with Crippen molar-refractivity contribution in [3.05, 3.63) is 53.9 Å². The van der Waals surface area contributed by atoms with E-state index in [0.717, 1.165) is 33.9 Å². The molecule has 1 unspecified atom stereocenters. The Bertz CT molecular complexity index is 1010. The van der Waals surface area contributed by atoms with E-state index in [1.54, 1.807) is 7.05 Å². The van der Waals surface area contributed by atoms with Crippen LogP contribution in [-0.4, -0.2) is 35.8 Å². The van der Waals surface area contributed by atoms with Gasteiger partial charge in [-0.1, -0.05) is 18.2 Å². The third kappa shape index (κ3) is 4.84. The van der Waals surface area contributed by atoms with Gasteiger partial charge < -0.3 is 24.7 Å². The molecule has 7 heteroatoms. The highest BCUT2D eigenvalue weighted by Crippen LogP contribution is 2.30. The minimum atomic E-state index is 0.0338. The van der Waals surface area contributed by atoms with Gasteiger partial charge in [-0.3, -0.25) is 4.99 Å². The van der Waals surface area contributed by atoms with Gasteiger partial charge in [-0.15, -0.1) is 0 Å². The van der Waals surface area contributed by atoms with E-state index in [1.165, 1.54) is 0 Å². The molecule has 3 rings (SSSR count). The topological polar surface area (TPSA) is 72.7 Å². The first-order chi connectivity index (χ1) is 14.6. The molecule has 7 nitrogen and oxygen atoms in total. The first-order valence-corrected chi connectivity index (χ1v) is 10.3. The number of hydrogen-bond acceptors (Lipinski definition) is 4. The van der Waals surface area contributed by atoms with Crippen LogP contribution in [0.5, 0.6) is 11.5 Å². The number of aryl methyl sites for hydroxylation is 1. The highest BCUT2D eigenvalue weighted by molar-refractivity contribution is 5.80. The molecule has 0 saturated carbocycles. The summed E-state index contributed by atoms with van der Waals surface area (Å²) in [6.07, 6.45) is 0. The van der Waals surface area contributed by atoms with Gasteiger partial charge in [0.25, 0.3) is 0 Å². The molecule has 0 radical (unpaired) electrons. The monoisotopic (exact) mass is 409 g/mol. The Morgan fingerprint density at radius 3 is 2.53 bits per heavy atom. The summed E-state index contributed by atoms with van der Waals surface area (Å²) >= 11 is 0. The van der Waals surface area contributed by atoms with Gasteiger partial charge in [0.1, 0.15) is 5.82 Å². The van der Waals surface area contributed by atoms with Crippen molar-refractivity contribution in [2.75, 3.05) is 20.3 Å². The Hall–Kier alpha value is -3.22. The van der Waals surface area contributed by atoms with Crippen molar-refractivity contribution in [3.8, 4) is 11.5 Å². The third-order valence-corrected chi connectivity index (χ3v) is 4.94. The average Bonchev–Trinajstić information content (AvgIpc) is 3.08. The smallest absolute Gasteiger partial charge is 0.191 e. The summed E-state index contributed by atoms with van der Waals surface area (Å²) in [7, 11) is 3.79. The molecule has 0 aliphatic rings. The summed E-state index contributed by atoms with van der Waals surface area (Å²) in [5.41, 5.74) is 3.20. The molecule has 0 saturated heterocycles. The highest BCUT2D eigenvalue weighted by Gasteiger charge is 2.13. The largest absolute Gasteiger partial charge is 0.490 e. The molecule has 0 amide bonds. The Balaban J connectivity index is 1.67. The van der Waals surface area contributed by atoms with Crippen LogP contribution in [0.25, 0.3) is 11.0 Å². The Morgan fingerprint density at radius 1 is 1.10 bits per heavy atom. The maximum atomic E-state index is 5.75. The van der Waals surface area contributed by atoms with Crippen LogP contribution in [-0.2, 0) is 13.6 Å². The van der Waals surface area contributed by atoms with Crippen molar-refractivity contribution >= 4 is 17.0 Å². The normalized spacial score (nSPS) is 12.6. The van der Waals surface area contributed by atoms with E-state index in [-0.39, 0.29) is 6.04 Å². The number of guanidine groups is 1. The summed E-state index contributed by atoms with van der Waals surface area (Å²) in [6, 6.07) is 14.2. The Morgan fingerprint density at radius 2 is 1.83 bits per heavy atom. The first-order valence-electron chi connectivity index (χ1n) is 10.3. The SMILES string of the molecule is CCOc1ccc(C(C)NC(=NC)NCc2nc3ccccc3n2C)cc1OCC. The maximum absolute atomic E-state index is 5.75. The summed E-state index contributed by atoms with van der Waals surface area (Å²) < 4.78 is 13.5. The van der Waals surface area contributed by atoms with Crippen molar-refractivity contribution in [3.63, 3.8) is 0 Å². The lowest BCUT2D eigenvalue weighted by Gasteiger charge is -2.20. The van der Waals surface area contributed by atoms with Gasteiger partial charge in [0.05, 0.1) is 36.8 Å². The minimum Gasteiger partial charge on any atom is -0.490 e. The van der Waals surface area contributed by atoms with Crippen LogP contribution in [0.2, 0.25) is 0 Å². The van der Waals surface area contributed by atoms with Gasteiger partial charge in [0, 0.05) is 14.1 Å². The van der Waals surface area contributed by atoms with Gasteiger partial charge in [0.15, 0.2) is 17.5 Å². The molecule has 3 aromatic rings. The maximum Gasteiger partial charge on any atom is 0.191 e. The van der Waals surface area contributed by atoms with E-state index in [9.17, 15) is 0 Å². The van der Waals surface area contributed by atoms with Crippen molar-refractivity contribution in [1.29, 1.82) is 0 Å². The number of ether oxygens (including phenoxy) is 2. The van der Waals surface area contributed by atoms with Crippen LogP contribution in [0.1, 0.15) is 38.2 Å². The van der Waals surface area contributed by atoms with Crippen LogP contribution >= 0.6 is 0 Å². The Kier molecular flexibility index (Phi) is 7.17. The first kappa shape index (κ1) is 21.5. The molecule has 1 heterocycles. The van der Waals surface area contributed by atoms with Gasteiger partial charge in [-0.2, -0.15) is 0 Å². The Labute approximate surface area is 178 Å². The predicted octanol–water partition coefficient (Wildman–Crippen LogP) is 3.80. The number of aliphatic imine (C=N–C) groups is 1. The summed E-state index contributed by atoms with van der Waals surface area (Å²) in [6.45, 7) is 7.79. The molecule has 2 N–H and O–H groups in total. The van der Waals surface area contributed by atoms with E-state index in [1.807, 2.05) is 57.3 Å². The van der Waals surface area contributed by atoms with E-state index < -0.39 is 0 Å². The van der Waals surface area contributed by atoms with Crippen LogP contribution in [0.3, 0.4) is 0 Å². The average molecular weight is 410 g/mol. The van der Waals surface area contributed by atoms with E-state index in [0.29, 0.717) is 25.7 Å². The molecular formula is C23H31N5O2. The predicted molar refractivity (Wildman–Crippen MR) is 121 cm³/mol. The second-order valence-electron chi connectivity index (χ2n) is 6.94. The van der Waals surface area contributed by atoms with E-state index in [2.05, 4.69) is 33.2 Å². The summed E-state index contributed by atoms with van der Waals surface area (Å²) in [5, 5.41) is 6.79. The van der Waals surface area contributed by atoms with E-state index in [4.69, 9.17) is 14.5 Å². The van der Waals surface area contributed by atoms with Crippen molar-refractivity contribution in [2.24, 2.45) is 12.0 Å². The lowest BCUT2D eigenvalue weighted by Crippen LogP contribution is -2.38. The number of nitrogens with zero attached hydrogens (tertiary/aromatic N) is 3. The number of para-hydroxylation sites is 2. The molecule has 1 atom stereocenters. The van der Waals surface area contributed by atoms with Gasteiger partial charge in [0.2, 0.25) is 0 Å². The second-order valence-corrected chi connectivity index (χ2v) is 6.94. The van der Waals surface area contributed by atoms with Crippen molar-refractivity contribution in [1.82, 2.24) is 20.2 Å². The molecular weight excluding hydrogens is 378 g/mol. The number of hydrogen-bond donors (Lipinski definition) is 2. The molecule has 1 aromatic heterocycles. The van der Waals surface area contributed by atoms with Crippen LogP contribution in [0, 0.1) is 0 Å². The van der Waals surface area contributed by atoms with Gasteiger partial charge in [-0.05, 0) is 50.6 Å². The molecule has 30 heavy (non-hydrogen) atoms. The fraction of sp³-hybridized carbons (Fsp3) is 0.391. The highest BCUT2D eigenvalue weighted by atomic mass is 16.5. The molecule has 0 spiro atoms. The lowest BCUT2D eigenvalue weighted by atomic mass is 10.1. The number of fused-ring (bicyclic) bond motifs is 1. The van der Waals surface area contributed by atoms with Crippen LogP contribution in [0.15, 0.2) is 47.5 Å². The van der Waals surface area contributed by atoms with Crippen molar-refractivity contribution < 1.29 is 9.47 Å². The van der Waals surface area contributed by atoms with Crippen LogP contribution in [0.4, 0.5) is 0 Å². The number of imidazole rings is 1. The fourth-order valence-electron chi connectivity index (χ4n) is 3.34. The van der Waals surface area contributed by atoms with E-state index >= 15 is 0 Å². The molecule has 0 fully saturated rings. The number of nitrogens with one attached hydrogen (secondary N) is 2. The summed E-state index contributed by atoms with van der Waals surface area (Å²) in [5.74, 6) is 3.18. The van der Waals surface area contributed by atoms with Crippen molar-refractivity contribution in [2.45, 2.75) is 33.4 Å². The molecule has 160 valence electrons. The zero-order valence-corrected chi connectivity index (χ0v) is 18.4.